The second-order valence-corrected chi connectivity index (χ2v) is 5.63. The minimum atomic E-state index is 0.658. The summed E-state index contributed by atoms with van der Waals surface area (Å²) in [5.41, 5.74) is 1.36. The topological polar surface area (TPSA) is 12.5 Å². The number of hydrogen-bond acceptors (Lipinski definition) is 2. The average molecular weight is 269 g/mol. The van der Waals surface area contributed by atoms with E-state index in [1.807, 2.05) is 42.5 Å². The van der Waals surface area contributed by atoms with Gasteiger partial charge in [0.25, 0.3) is 0 Å². The first-order valence-electron chi connectivity index (χ1n) is 7.10. The van der Waals surface area contributed by atoms with E-state index in [0.29, 0.717) is 5.92 Å². The Bertz CT molecular complexity index is 505. The molecule has 0 saturated heterocycles. The van der Waals surface area contributed by atoms with Crippen LogP contribution in [0.1, 0.15) is 12.5 Å². The van der Waals surface area contributed by atoms with Gasteiger partial charge in [0.15, 0.2) is 0 Å². The van der Waals surface area contributed by atoms with Crippen molar-refractivity contribution in [1.82, 2.24) is 4.90 Å². The van der Waals surface area contributed by atoms with Crippen molar-refractivity contribution in [2.45, 2.75) is 13.3 Å². The lowest BCUT2D eigenvalue weighted by Crippen LogP contribution is -2.21. The van der Waals surface area contributed by atoms with Gasteiger partial charge in [-0.15, -0.1) is 0 Å². The lowest BCUT2D eigenvalue weighted by Gasteiger charge is -2.17. The van der Waals surface area contributed by atoms with Crippen LogP contribution in [0, 0.1) is 5.92 Å². The minimum Gasteiger partial charge on any atom is -0.457 e. The monoisotopic (exact) mass is 269 g/mol. The van der Waals surface area contributed by atoms with Crippen LogP contribution in [-0.4, -0.2) is 25.5 Å². The van der Waals surface area contributed by atoms with Crippen LogP contribution in [-0.2, 0) is 6.42 Å². The minimum absolute atomic E-state index is 0.658. The number of ether oxygens (including phenoxy) is 1. The Morgan fingerprint density at radius 2 is 1.50 bits per heavy atom. The third-order valence-corrected chi connectivity index (χ3v) is 3.16. The van der Waals surface area contributed by atoms with E-state index in [1.165, 1.54) is 5.56 Å². The zero-order valence-electron chi connectivity index (χ0n) is 12.5. The summed E-state index contributed by atoms with van der Waals surface area (Å²) in [6.07, 6.45) is 1.10. The highest BCUT2D eigenvalue weighted by Gasteiger charge is 2.05. The standard InChI is InChI=1S/C18H23NO/c1-15(14-19(2)3)13-16-9-11-18(12-10-16)20-17-7-5-4-6-8-17/h4-12,15H,13-14H2,1-3H3. The molecule has 1 unspecified atom stereocenters. The number of rotatable bonds is 6. The predicted octanol–water partition coefficient (Wildman–Crippen LogP) is 4.22. The highest BCUT2D eigenvalue weighted by atomic mass is 16.5. The van der Waals surface area contributed by atoms with E-state index in [9.17, 15) is 0 Å². The van der Waals surface area contributed by atoms with Gasteiger partial charge in [0.05, 0.1) is 0 Å². The zero-order valence-corrected chi connectivity index (χ0v) is 12.5. The molecule has 0 spiro atoms. The van der Waals surface area contributed by atoms with Gasteiger partial charge in [-0.2, -0.15) is 0 Å². The van der Waals surface area contributed by atoms with Crippen LogP contribution < -0.4 is 4.74 Å². The van der Waals surface area contributed by atoms with Gasteiger partial charge < -0.3 is 9.64 Å². The van der Waals surface area contributed by atoms with Crippen molar-refractivity contribution in [2.24, 2.45) is 5.92 Å². The summed E-state index contributed by atoms with van der Waals surface area (Å²) < 4.78 is 5.79. The van der Waals surface area contributed by atoms with E-state index in [-0.39, 0.29) is 0 Å². The van der Waals surface area contributed by atoms with Crippen LogP contribution in [0.25, 0.3) is 0 Å². The van der Waals surface area contributed by atoms with E-state index >= 15 is 0 Å². The van der Waals surface area contributed by atoms with Gasteiger partial charge in [0.2, 0.25) is 0 Å². The lowest BCUT2D eigenvalue weighted by atomic mass is 10.0. The van der Waals surface area contributed by atoms with Crippen molar-refractivity contribution in [3.63, 3.8) is 0 Å². The third-order valence-electron chi connectivity index (χ3n) is 3.16. The molecule has 0 N–H and O–H groups in total. The molecule has 2 nitrogen and oxygen atoms in total. The van der Waals surface area contributed by atoms with E-state index in [1.54, 1.807) is 0 Å². The van der Waals surface area contributed by atoms with Crippen LogP contribution in [0.15, 0.2) is 54.6 Å². The van der Waals surface area contributed by atoms with Gasteiger partial charge in [0, 0.05) is 6.54 Å². The second-order valence-electron chi connectivity index (χ2n) is 5.63. The maximum atomic E-state index is 5.79. The summed E-state index contributed by atoms with van der Waals surface area (Å²) >= 11 is 0. The largest absolute Gasteiger partial charge is 0.457 e. The summed E-state index contributed by atoms with van der Waals surface area (Å²) in [6, 6.07) is 18.3. The van der Waals surface area contributed by atoms with Crippen LogP contribution in [0.3, 0.4) is 0 Å². The summed E-state index contributed by atoms with van der Waals surface area (Å²) in [5.74, 6) is 2.42. The molecular formula is C18H23NO. The molecule has 1 atom stereocenters. The molecule has 0 radical (unpaired) electrons. The number of benzene rings is 2. The fourth-order valence-electron chi connectivity index (χ4n) is 2.41. The van der Waals surface area contributed by atoms with Gasteiger partial charge >= 0.3 is 0 Å². The van der Waals surface area contributed by atoms with Crippen molar-refractivity contribution in [1.29, 1.82) is 0 Å². The van der Waals surface area contributed by atoms with Crippen LogP contribution in [0.2, 0.25) is 0 Å². The number of nitrogens with zero attached hydrogens (tertiary/aromatic N) is 1. The maximum Gasteiger partial charge on any atom is 0.127 e. The van der Waals surface area contributed by atoms with Crippen molar-refractivity contribution in [3.8, 4) is 11.5 Å². The zero-order chi connectivity index (χ0) is 14.4. The highest BCUT2D eigenvalue weighted by molar-refractivity contribution is 5.33. The molecule has 2 aromatic carbocycles. The van der Waals surface area contributed by atoms with Crippen molar-refractivity contribution in [2.75, 3.05) is 20.6 Å². The normalized spacial score (nSPS) is 12.4. The Morgan fingerprint density at radius 1 is 0.900 bits per heavy atom. The molecule has 0 aliphatic carbocycles. The van der Waals surface area contributed by atoms with Crippen molar-refractivity contribution >= 4 is 0 Å². The molecule has 0 amide bonds. The first-order valence-corrected chi connectivity index (χ1v) is 7.10. The SMILES string of the molecule is CC(Cc1ccc(Oc2ccccc2)cc1)CN(C)C. The van der Waals surface area contributed by atoms with Crippen molar-refractivity contribution < 1.29 is 4.74 Å². The molecule has 2 heteroatoms. The molecular weight excluding hydrogens is 246 g/mol. The second kappa shape index (κ2) is 7.11. The fraction of sp³-hybridized carbons (Fsp3) is 0.333. The van der Waals surface area contributed by atoms with Gasteiger partial charge in [-0.25, -0.2) is 0 Å². The molecule has 2 rings (SSSR count). The van der Waals surface area contributed by atoms with Gasteiger partial charge in [-0.3, -0.25) is 0 Å². The molecule has 0 aliphatic rings. The Kier molecular flexibility index (Phi) is 5.19. The van der Waals surface area contributed by atoms with Crippen LogP contribution in [0.4, 0.5) is 0 Å². The molecule has 0 aliphatic heterocycles. The van der Waals surface area contributed by atoms with E-state index in [4.69, 9.17) is 4.74 Å². The molecule has 0 saturated carbocycles. The van der Waals surface area contributed by atoms with E-state index in [2.05, 4.69) is 38.1 Å². The number of hydrogen-bond donors (Lipinski definition) is 0. The summed E-state index contributed by atoms with van der Waals surface area (Å²) in [7, 11) is 4.24. The lowest BCUT2D eigenvalue weighted by molar-refractivity contribution is 0.338. The Balaban J connectivity index is 1.93. The smallest absolute Gasteiger partial charge is 0.127 e. The van der Waals surface area contributed by atoms with Gasteiger partial charge in [-0.05, 0) is 56.3 Å². The molecule has 0 heterocycles. The Hall–Kier alpha value is -1.80. The molecule has 2 aromatic rings. The summed E-state index contributed by atoms with van der Waals surface area (Å²) in [4.78, 5) is 2.23. The first-order chi connectivity index (χ1) is 9.63. The molecule has 20 heavy (non-hydrogen) atoms. The average Bonchev–Trinajstić information content (AvgIpc) is 2.41. The maximum absolute atomic E-state index is 5.79. The predicted molar refractivity (Wildman–Crippen MR) is 84.4 cm³/mol. The third kappa shape index (κ3) is 4.71. The fourth-order valence-corrected chi connectivity index (χ4v) is 2.41. The van der Waals surface area contributed by atoms with E-state index in [0.717, 1.165) is 24.5 Å². The summed E-state index contributed by atoms with van der Waals surface area (Å²) in [6.45, 7) is 3.40. The van der Waals surface area contributed by atoms with Crippen LogP contribution >= 0.6 is 0 Å². The molecule has 0 fully saturated rings. The van der Waals surface area contributed by atoms with Gasteiger partial charge in [0.1, 0.15) is 11.5 Å². The van der Waals surface area contributed by atoms with Crippen LogP contribution in [0.5, 0.6) is 11.5 Å². The molecule has 106 valence electrons. The Morgan fingerprint density at radius 3 is 2.10 bits per heavy atom. The summed E-state index contributed by atoms with van der Waals surface area (Å²) in [5, 5.41) is 0. The van der Waals surface area contributed by atoms with Crippen molar-refractivity contribution in [3.05, 3.63) is 60.2 Å². The molecule has 0 bridgehead atoms. The highest BCUT2D eigenvalue weighted by Crippen LogP contribution is 2.22. The quantitative estimate of drug-likeness (QED) is 0.778. The Labute approximate surface area is 122 Å². The molecule has 0 aromatic heterocycles. The first kappa shape index (κ1) is 14.6. The van der Waals surface area contributed by atoms with Gasteiger partial charge in [-0.1, -0.05) is 37.3 Å². The van der Waals surface area contributed by atoms with E-state index < -0.39 is 0 Å². The number of para-hydroxylation sites is 1.